The standard InChI is InChI=1S/C18H12N2O6/c1-10-2-4-11(5-3-10)17-19-13(18(21)26-17)6-12-7-15-16(25-9-24-15)8-14(12)20(22)23/h2-8H,9H2,1H3/b13-6+. The number of nitro benzene ring substituents is 1. The number of carbonyl (C=O) groups excluding carboxylic acids is 1. The van der Waals surface area contributed by atoms with Gasteiger partial charge in [-0.05, 0) is 31.2 Å². The Bertz CT molecular complexity index is 991. The number of carbonyl (C=O) groups is 1. The Morgan fingerprint density at radius 3 is 2.54 bits per heavy atom. The fraction of sp³-hybridized carbons (Fsp3) is 0.111. The minimum atomic E-state index is -0.674. The predicted octanol–water partition coefficient (Wildman–Crippen LogP) is 2.98. The molecule has 0 saturated carbocycles. The van der Waals surface area contributed by atoms with Crippen LogP contribution in [0, 0.1) is 17.0 Å². The molecule has 0 saturated heterocycles. The van der Waals surface area contributed by atoms with Crippen molar-refractivity contribution in [2.45, 2.75) is 6.92 Å². The van der Waals surface area contributed by atoms with Crippen LogP contribution in [0.1, 0.15) is 16.7 Å². The molecule has 2 aromatic rings. The molecule has 0 spiro atoms. The van der Waals surface area contributed by atoms with Gasteiger partial charge in [0.1, 0.15) is 0 Å². The second-order valence-electron chi connectivity index (χ2n) is 5.72. The number of nitro groups is 1. The van der Waals surface area contributed by atoms with Gasteiger partial charge >= 0.3 is 5.97 Å². The zero-order chi connectivity index (χ0) is 18.3. The fourth-order valence-electron chi connectivity index (χ4n) is 2.60. The summed E-state index contributed by atoms with van der Waals surface area (Å²) in [5.74, 6) is 0.144. The van der Waals surface area contributed by atoms with Gasteiger partial charge in [0.2, 0.25) is 12.7 Å². The Morgan fingerprint density at radius 2 is 1.85 bits per heavy atom. The van der Waals surface area contributed by atoms with E-state index in [0.717, 1.165) is 5.56 Å². The molecule has 26 heavy (non-hydrogen) atoms. The van der Waals surface area contributed by atoms with Crippen molar-refractivity contribution in [3.05, 3.63) is 68.9 Å². The summed E-state index contributed by atoms with van der Waals surface area (Å²) < 4.78 is 15.6. The van der Waals surface area contributed by atoms with Crippen LogP contribution in [-0.4, -0.2) is 23.6 Å². The number of cyclic esters (lactones) is 1. The van der Waals surface area contributed by atoms with Gasteiger partial charge in [-0.2, -0.15) is 0 Å². The van der Waals surface area contributed by atoms with Crippen molar-refractivity contribution in [3.8, 4) is 11.5 Å². The first-order chi connectivity index (χ1) is 12.5. The maximum atomic E-state index is 12.1. The van der Waals surface area contributed by atoms with Gasteiger partial charge in [-0.25, -0.2) is 9.79 Å². The molecule has 2 aromatic carbocycles. The zero-order valence-electron chi connectivity index (χ0n) is 13.6. The van der Waals surface area contributed by atoms with Crippen molar-refractivity contribution >= 4 is 23.6 Å². The molecule has 8 nitrogen and oxygen atoms in total. The number of fused-ring (bicyclic) bond motifs is 1. The van der Waals surface area contributed by atoms with Gasteiger partial charge in [0, 0.05) is 5.56 Å². The van der Waals surface area contributed by atoms with E-state index in [-0.39, 0.29) is 35.4 Å². The minimum Gasteiger partial charge on any atom is -0.454 e. The third-order valence-electron chi connectivity index (χ3n) is 3.93. The van der Waals surface area contributed by atoms with Gasteiger partial charge in [0.15, 0.2) is 17.2 Å². The van der Waals surface area contributed by atoms with Crippen LogP contribution in [0.15, 0.2) is 47.1 Å². The first-order valence-electron chi connectivity index (χ1n) is 7.69. The van der Waals surface area contributed by atoms with E-state index in [1.807, 2.05) is 19.1 Å². The molecule has 0 aliphatic carbocycles. The highest BCUT2D eigenvalue weighted by Gasteiger charge is 2.27. The molecule has 0 atom stereocenters. The number of benzene rings is 2. The van der Waals surface area contributed by atoms with Crippen molar-refractivity contribution in [3.63, 3.8) is 0 Å². The lowest BCUT2D eigenvalue weighted by Gasteiger charge is -2.01. The van der Waals surface area contributed by atoms with E-state index in [2.05, 4.69) is 4.99 Å². The van der Waals surface area contributed by atoms with Gasteiger partial charge in [-0.1, -0.05) is 17.7 Å². The second-order valence-corrected chi connectivity index (χ2v) is 5.72. The Kier molecular flexibility index (Phi) is 3.65. The summed E-state index contributed by atoms with van der Waals surface area (Å²) in [5, 5.41) is 11.3. The third kappa shape index (κ3) is 2.77. The zero-order valence-corrected chi connectivity index (χ0v) is 13.6. The molecule has 8 heteroatoms. The number of aryl methyl sites for hydroxylation is 1. The van der Waals surface area contributed by atoms with Crippen LogP contribution in [0.25, 0.3) is 6.08 Å². The van der Waals surface area contributed by atoms with Crippen LogP contribution < -0.4 is 9.47 Å². The molecule has 2 aliphatic rings. The molecule has 2 aliphatic heterocycles. The molecule has 2 heterocycles. The number of ether oxygens (including phenoxy) is 3. The maximum Gasteiger partial charge on any atom is 0.363 e. The van der Waals surface area contributed by atoms with E-state index in [1.54, 1.807) is 12.1 Å². The number of nitrogens with zero attached hydrogens (tertiary/aromatic N) is 2. The second kappa shape index (κ2) is 5.99. The van der Waals surface area contributed by atoms with Crippen molar-refractivity contribution in [1.29, 1.82) is 0 Å². The summed E-state index contributed by atoms with van der Waals surface area (Å²) in [6, 6.07) is 10.0. The van der Waals surface area contributed by atoms with Crippen molar-refractivity contribution in [2.75, 3.05) is 6.79 Å². The first kappa shape index (κ1) is 15.8. The largest absolute Gasteiger partial charge is 0.454 e. The molecular weight excluding hydrogens is 340 g/mol. The Balaban J connectivity index is 1.75. The topological polar surface area (TPSA) is 100 Å². The van der Waals surface area contributed by atoms with Crippen LogP contribution in [0.5, 0.6) is 11.5 Å². The van der Waals surface area contributed by atoms with Crippen molar-refractivity contribution in [2.24, 2.45) is 4.99 Å². The van der Waals surface area contributed by atoms with E-state index in [1.165, 1.54) is 18.2 Å². The van der Waals surface area contributed by atoms with Gasteiger partial charge in [0.25, 0.3) is 5.69 Å². The Labute approximate surface area is 147 Å². The number of hydrogen-bond acceptors (Lipinski definition) is 7. The number of hydrogen-bond donors (Lipinski definition) is 0. The summed E-state index contributed by atoms with van der Waals surface area (Å²) in [6.45, 7) is 1.93. The molecule has 0 aromatic heterocycles. The highest BCUT2D eigenvalue weighted by atomic mass is 16.7. The first-order valence-corrected chi connectivity index (χ1v) is 7.69. The smallest absolute Gasteiger partial charge is 0.363 e. The molecular formula is C18H12N2O6. The van der Waals surface area contributed by atoms with Crippen LogP contribution in [-0.2, 0) is 9.53 Å². The number of rotatable bonds is 3. The molecule has 0 N–H and O–H groups in total. The fourth-order valence-corrected chi connectivity index (χ4v) is 2.60. The molecule has 0 amide bonds. The van der Waals surface area contributed by atoms with Crippen LogP contribution in [0.3, 0.4) is 0 Å². The van der Waals surface area contributed by atoms with E-state index in [9.17, 15) is 14.9 Å². The van der Waals surface area contributed by atoms with E-state index >= 15 is 0 Å². The summed E-state index contributed by atoms with van der Waals surface area (Å²) in [6.07, 6.45) is 1.31. The van der Waals surface area contributed by atoms with E-state index < -0.39 is 10.9 Å². The average molecular weight is 352 g/mol. The summed E-state index contributed by atoms with van der Waals surface area (Å²) in [5.41, 5.74) is 1.65. The van der Waals surface area contributed by atoms with E-state index in [4.69, 9.17) is 14.2 Å². The molecule has 0 unspecified atom stereocenters. The number of aliphatic imine (C=N–C) groups is 1. The van der Waals surface area contributed by atoms with Gasteiger partial charge in [0.05, 0.1) is 16.6 Å². The van der Waals surface area contributed by atoms with Crippen LogP contribution in [0.2, 0.25) is 0 Å². The third-order valence-corrected chi connectivity index (χ3v) is 3.93. The Morgan fingerprint density at radius 1 is 1.15 bits per heavy atom. The lowest BCUT2D eigenvalue weighted by molar-refractivity contribution is -0.385. The number of esters is 1. The summed E-state index contributed by atoms with van der Waals surface area (Å²) >= 11 is 0. The molecule has 0 bridgehead atoms. The van der Waals surface area contributed by atoms with Gasteiger partial charge < -0.3 is 14.2 Å². The molecule has 0 fully saturated rings. The monoisotopic (exact) mass is 352 g/mol. The predicted molar refractivity (Wildman–Crippen MR) is 91.0 cm³/mol. The highest BCUT2D eigenvalue weighted by Crippen LogP contribution is 2.39. The summed E-state index contributed by atoms with van der Waals surface area (Å²) in [4.78, 5) is 27.0. The van der Waals surface area contributed by atoms with Crippen LogP contribution in [0.4, 0.5) is 5.69 Å². The SMILES string of the molecule is Cc1ccc(C2=N/C(=C/c3cc4c(cc3[N+](=O)[O-])OCO4)C(=O)O2)cc1. The average Bonchev–Trinajstić information content (AvgIpc) is 3.21. The summed E-state index contributed by atoms with van der Waals surface area (Å²) in [7, 11) is 0. The van der Waals surface area contributed by atoms with Crippen molar-refractivity contribution < 1.29 is 23.9 Å². The van der Waals surface area contributed by atoms with E-state index in [0.29, 0.717) is 11.3 Å². The lowest BCUT2D eigenvalue weighted by Crippen LogP contribution is -2.05. The minimum absolute atomic E-state index is 0.00964. The van der Waals surface area contributed by atoms with Gasteiger partial charge in [-0.3, -0.25) is 10.1 Å². The maximum absolute atomic E-state index is 12.1. The molecule has 130 valence electrons. The normalized spacial score (nSPS) is 16.6. The van der Waals surface area contributed by atoms with Crippen molar-refractivity contribution in [1.82, 2.24) is 0 Å². The molecule has 0 radical (unpaired) electrons. The van der Waals surface area contributed by atoms with Crippen LogP contribution >= 0.6 is 0 Å². The Hall–Kier alpha value is -3.68. The lowest BCUT2D eigenvalue weighted by atomic mass is 10.1. The quantitative estimate of drug-likeness (QED) is 0.364. The highest BCUT2D eigenvalue weighted by molar-refractivity contribution is 6.13. The molecule has 4 rings (SSSR count). The van der Waals surface area contributed by atoms with Gasteiger partial charge in [-0.15, -0.1) is 0 Å².